The predicted molar refractivity (Wildman–Crippen MR) is 150 cm³/mol. The summed E-state index contributed by atoms with van der Waals surface area (Å²) >= 11 is 0. The fraction of sp³-hybridized carbons (Fsp3) is 0.308. The summed E-state index contributed by atoms with van der Waals surface area (Å²) in [6.07, 6.45) is 3.02. The molecule has 5 N–H and O–H groups in total. The van der Waals surface area contributed by atoms with Gasteiger partial charge in [0.15, 0.2) is 5.82 Å². The fourth-order valence-corrected chi connectivity index (χ4v) is 3.38. The van der Waals surface area contributed by atoms with Crippen molar-refractivity contribution in [3.8, 4) is 0 Å². The zero-order valence-corrected chi connectivity index (χ0v) is 23.1. The molecule has 3 aromatic rings. The van der Waals surface area contributed by atoms with Crippen LogP contribution in [0.4, 0.5) is 5.82 Å². The van der Waals surface area contributed by atoms with E-state index < -0.39 is 29.4 Å². The number of anilines is 1. The molecule has 3 rings (SSSR count). The number of hydrogen-bond acceptors (Lipinski definition) is 6. The molecule has 0 radical (unpaired) electrons. The van der Waals surface area contributed by atoms with E-state index in [-0.39, 0.29) is 49.8 Å². The van der Waals surface area contributed by atoms with Gasteiger partial charge in [0.1, 0.15) is 12.1 Å². The van der Waals surface area contributed by atoms with Crippen LogP contribution >= 0.6 is 24.8 Å². The van der Waals surface area contributed by atoms with Crippen LogP contribution in [0.15, 0.2) is 73.2 Å². The van der Waals surface area contributed by atoms with Gasteiger partial charge in [0, 0.05) is 13.2 Å². The Bertz CT molecular complexity index is 1170. The smallest absolute Gasteiger partial charge is 0.250 e. The molecule has 206 valence electrons. The van der Waals surface area contributed by atoms with Crippen molar-refractivity contribution < 1.29 is 19.1 Å². The van der Waals surface area contributed by atoms with Crippen molar-refractivity contribution in [2.24, 2.45) is 5.73 Å². The van der Waals surface area contributed by atoms with Crippen molar-refractivity contribution >= 4 is 48.4 Å². The Kier molecular flexibility index (Phi) is 12.9. The van der Waals surface area contributed by atoms with Crippen molar-refractivity contribution in [1.82, 2.24) is 20.2 Å². The second kappa shape index (κ2) is 15.1. The molecule has 1 heterocycles. The van der Waals surface area contributed by atoms with Gasteiger partial charge in [-0.2, -0.15) is 0 Å². The average molecular weight is 566 g/mol. The molecule has 0 aliphatic heterocycles. The Hall–Kier alpha value is -3.44. The molecule has 2 aromatic carbocycles. The van der Waals surface area contributed by atoms with Crippen LogP contribution in [0.1, 0.15) is 31.0 Å². The van der Waals surface area contributed by atoms with Gasteiger partial charge in [0.2, 0.25) is 11.8 Å². The molecule has 10 nitrogen and oxygen atoms in total. The number of imidazole rings is 1. The number of carbonyl (C=O) groups excluding carboxylic acids is 3. The number of aromatic nitrogens is 2. The minimum absolute atomic E-state index is 0. The maximum atomic E-state index is 13.1. The molecule has 1 unspecified atom stereocenters. The molecule has 3 amide bonds. The second-order valence-electron chi connectivity index (χ2n) is 8.87. The van der Waals surface area contributed by atoms with Crippen LogP contribution in [-0.4, -0.2) is 52.5 Å². The third-order valence-corrected chi connectivity index (χ3v) is 5.36. The quantitative estimate of drug-likeness (QED) is 0.282. The van der Waals surface area contributed by atoms with E-state index >= 15 is 0 Å². The minimum Gasteiger partial charge on any atom is -0.374 e. The third kappa shape index (κ3) is 9.14. The Morgan fingerprint density at radius 3 is 2.18 bits per heavy atom. The number of carbonyl (C=O) groups is 3. The lowest BCUT2D eigenvalue weighted by atomic mass is 10.1. The summed E-state index contributed by atoms with van der Waals surface area (Å²) in [7, 11) is 1.56. The number of nitrogens with two attached hydrogens (primary N) is 1. The largest absolute Gasteiger partial charge is 0.374 e. The molecule has 0 aliphatic carbocycles. The summed E-state index contributed by atoms with van der Waals surface area (Å²) in [6, 6.07) is 17.0. The number of benzene rings is 2. The molecule has 0 aliphatic rings. The molecular weight excluding hydrogens is 531 g/mol. The van der Waals surface area contributed by atoms with Crippen LogP contribution in [0.3, 0.4) is 0 Å². The molecule has 2 atom stereocenters. The van der Waals surface area contributed by atoms with Crippen molar-refractivity contribution in [1.29, 1.82) is 0 Å². The van der Waals surface area contributed by atoms with Gasteiger partial charge in [-0.25, -0.2) is 4.98 Å². The summed E-state index contributed by atoms with van der Waals surface area (Å²) in [5, 5.41) is 7.99. The lowest BCUT2D eigenvalue weighted by Gasteiger charge is -2.23. The highest BCUT2D eigenvalue weighted by molar-refractivity contribution is 5.98. The number of rotatable bonds is 11. The maximum absolute atomic E-state index is 13.1. The highest BCUT2D eigenvalue weighted by Crippen LogP contribution is 2.20. The first-order valence-electron chi connectivity index (χ1n) is 11.5. The van der Waals surface area contributed by atoms with Crippen molar-refractivity contribution in [2.45, 2.75) is 38.1 Å². The highest BCUT2D eigenvalue weighted by Gasteiger charge is 2.29. The molecule has 12 heteroatoms. The molecular formula is C26H34Cl2N6O4. The van der Waals surface area contributed by atoms with E-state index in [1.807, 2.05) is 60.7 Å². The van der Waals surface area contributed by atoms with Crippen LogP contribution in [-0.2, 0) is 25.7 Å². The first-order valence-corrected chi connectivity index (χ1v) is 11.5. The van der Waals surface area contributed by atoms with E-state index in [1.54, 1.807) is 31.7 Å². The molecule has 0 bridgehead atoms. The van der Waals surface area contributed by atoms with Gasteiger partial charge in [-0.15, -0.1) is 24.8 Å². The number of nitrogens with one attached hydrogen (secondary N) is 3. The van der Waals surface area contributed by atoms with E-state index in [0.717, 1.165) is 11.1 Å². The van der Waals surface area contributed by atoms with Gasteiger partial charge in [0.25, 0.3) is 5.91 Å². The number of likely N-dealkylation sites (N-methyl/N-ethyl adjacent to an activating group) is 1. The molecule has 0 saturated heterocycles. The van der Waals surface area contributed by atoms with Gasteiger partial charge >= 0.3 is 0 Å². The van der Waals surface area contributed by atoms with E-state index in [4.69, 9.17) is 10.5 Å². The van der Waals surface area contributed by atoms with Gasteiger partial charge in [-0.1, -0.05) is 60.7 Å². The van der Waals surface area contributed by atoms with Gasteiger partial charge in [0.05, 0.1) is 25.1 Å². The van der Waals surface area contributed by atoms with Crippen molar-refractivity contribution in [3.63, 3.8) is 0 Å². The Morgan fingerprint density at radius 1 is 1.00 bits per heavy atom. The van der Waals surface area contributed by atoms with E-state index in [2.05, 4.69) is 20.9 Å². The van der Waals surface area contributed by atoms with E-state index in [9.17, 15) is 14.4 Å². The average Bonchev–Trinajstić information content (AvgIpc) is 3.31. The zero-order valence-electron chi connectivity index (χ0n) is 21.4. The van der Waals surface area contributed by atoms with Crippen LogP contribution in [0.5, 0.6) is 0 Å². The summed E-state index contributed by atoms with van der Waals surface area (Å²) in [5.74, 6) is -1.04. The lowest BCUT2D eigenvalue weighted by molar-refractivity contribution is -0.130. The molecule has 0 spiro atoms. The van der Waals surface area contributed by atoms with Crippen molar-refractivity contribution in [2.75, 3.05) is 19.0 Å². The zero-order chi connectivity index (χ0) is 26.1. The number of halogens is 2. The molecule has 1 aromatic heterocycles. The van der Waals surface area contributed by atoms with Gasteiger partial charge < -0.3 is 31.0 Å². The van der Waals surface area contributed by atoms with Gasteiger partial charge in [-0.05, 0) is 25.0 Å². The van der Waals surface area contributed by atoms with E-state index in [1.165, 1.54) is 6.33 Å². The molecule has 38 heavy (non-hydrogen) atoms. The van der Waals surface area contributed by atoms with E-state index in [0.29, 0.717) is 0 Å². The first-order chi connectivity index (χ1) is 17.2. The Morgan fingerprint density at radius 2 is 1.61 bits per heavy atom. The SMILES string of the molecule is CNC(=O)C(c1ccccc1)n1cnc(NC(=O)[C@@H](COCc2ccccc2)NC(=O)C(C)(C)N)c1.Cl.Cl. The maximum Gasteiger partial charge on any atom is 0.250 e. The van der Waals surface area contributed by atoms with Crippen molar-refractivity contribution in [3.05, 3.63) is 84.3 Å². The molecule has 0 saturated carbocycles. The highest BCUT2D eigenvalue weighted by atomic mass is 35.5. The standard InChI is InChI=1S/C26H32N6O4.2ClH/c1-26(2,27)25(35)30-20(16-36-15-18-10-6-4-7-11-18)23(33)31-21-14-32(17-29-21)22(24(34)28-3)19-12-8-5-9-13-19;;/h4-14,17,20,22H,15-16,27H2,1-3H3,(H,28,34)(H,30,35)(H,31,33);2*1H/t20-,22?;;/m1../s1. The Balaban J connectivity index is 0.00000361. The van der Waals surface area contributed by atoms with Crippen LogP contribution < -0.4 is 21.7 Å². The summed E-state index contributed by atoms with van der Waals surface area (Å²) in [4.78, 5) is 42.4. The van der Waals surface area contributed by atoms with Crippen LogP contribution in [0.25, 0.3) is 0 Å². The second-order valence-corrected chi connectivity index (χ2v) is 8.87. The van der Waals surface area contributed by atoms with Gasteiger partial charge in [-0.3, -0.25) is 14.4 Å². The number of ether oxygens (including phenoxy) is 1. The number of amides is 3. The fourth-order valence-electron chi connectivity index (χ4n) is 3.38. The number of hydrogen-bond donors (Lipinski definition) is 4. The Labute approximate surface area is 234 Å². The van der Waals surface area contributed by atoms with Crippen LogP contribution in [0.2, 0.25) is 0 Å². The third-order valence-electron chi connectivity index (χ3n) is 5.36. The summed E-state index contributed by atoms with van der Waals surface area (Å²) in [5.41, 5.74) is 6.40. The topological polar surface area (TPSA) is 140 Å². The number of nitrogens with zero attached hydrogens (tertiary/aromatic N) is 2. The monoisotopic (exact) mass is 564 g/mol. The first kappa shape index (κ1) is 32.6. The minimum atomic E-state index is -1.18. The lowest BCUT2D eigenvalue weighted by Crippen LogP contribution is -2.56. The summed E-state index contributed by atoms with van der Waals surface area (Å²) in [6.45, 7) is 3.29. The van der Waals surface area contributed by atoms with Crippen LogP contribution in [0, 0.1) is 0 Å². The normalized spacial score (nSPS) is 12.2. The predicted octanol–water partition coefficient (Wildman–Crippen LogP) is 2.44. The summed E-state index contributed by atoms with van der Waals surface area (Å²) < 4.78 is 7.31. The molecule has 0 fully saturated rings.